The van der Waals surface area contributed by atoms with Gasteiger partial charge >= 0.3 is 12.1 Å². The van der Waals surface area contributed by atoms with E-state index in [-0.39, 0.29) is 6.61 Å². The lowest BCUT2D eigenvalue weighted by molar-refractivity contribution is -0.147. The molecule has 1 atom stereocenters. The molecule has 108 valence electrons. The van der Waals surface area contributed by atoms with Gasteiger partial charge in [-0.1, -0.05) is 22.0 Å². The third-order valence-electron chi connectivity index (χ3n) is 3.27. The molecule has 0 fully saturated rings. The van der Waals surface area contributed by atoms with Gasteiger partial charge in [0.2, 0.25) is 0 Å². The summed E-state index contributed by atoms with van der Waals surface area (Å²) < 4.78 is 10.8. The highest BCUT2D eigenvalue weighted by molar-refractivity contribution is 9.10. The molecule has 6 heteroatoms. The van der Waals surface area contributed by atoms with Crippen molar-refractivity contribution in [3.63, 3.8) is 0 Å². The lowest BCUT2D eigenvalue weighted by atomic mass is 9.94. The monoisotopic (exact) mass is 341 g/mol. The second-order valence-corrected chi connectivity index (χ2v) is 5.40. The Labute approximate surface area is 126 Å². The Morgan fingerprint density at radius 3 is 2.80 bits per heavy atom. The van der Waals surface area contributed by atoms with E-state index in [2.05, 4.69) is 15.9 Å². The fourth-order valence-electron chi connectivity index (χ4n) is 2.30. The van der Waals surface area contributed by atoms with Gasteiger partial charge in [0.05, 0.1) is 20.3 Å². The van der Waals surface area contributed by atoms with E-state index >= 15 is 0 Å². The van der Waals surface area contributed by atoms with Gasteiger partial charge in [0.1, 0.15) is 6.04 Å². The van der Waals surface area contributed by atoms with Crippen LogP contribution in [0.1, 0.15) is 18.1 Å². The van der Waals surface area contributed by atoms with E-state index in [1.165, 1.54) is 12.0 Å². The molecule has 2 rings (SSSR count). The standard InChI is InChI=1S/C14H16BrNO4/c1-3-20-14(18)16-8-9-4-5-11(15)6-10(9)7-12(16)13(17)19-2/h4-6,12H,3,7-8H2,1-2H3/t12-/m0/s1. The summed E-state index contributed by atoms with van der Waals surface area (Å²) in [5.41, 5.74) is 2.05. The molecule has 1 aromatic rings. The largest absolute Gasteiger partial charge is 0.467 e. The number of carbonyl (C=O) groups is 2. The fraction of sp³-hybridized carbons (Fsp3) is 0.429. The minimum atomic E-state index is -0.638. The summed E-state index contributed by atoms with van der Waals surface area (Å²) >= 11 is 3.41. The molecule has 0 aliphatic carbocycles. The average Bonchev–Trinajstić information content (AvgIpc) is 2.45. The van der Waals surface area contributed by atoms with Gasteiger partial charge < -0.3 is 9.47 Å². The fourth-order valence-corrected chi connectivity index (χ4v) is 2.70. The summed E-state index contributed by atoms with van der Waals surface area (Å²) in [4.78, 5) is 25.3. The summed E-state index contributed by atoms with van der Waals surface area (Å²) in [6.07, 6.45) is -0.0586. The van der Waals surface area contributed by atoms with Crippen molar-refractivity contribution in [2.45, 2.75) is 25.9 Å². The topological polar surface area (TPSA) is 55.8 Å². The van der Waals surface area contributed by atoms with E-state index in [0.29, 0.717) is 13.0 Å². The van der Waals surface area contributed by atoms with Crippen LogP contribution in [-0.4, -0.2) is 36.7 Å². The number of hydrogen-bond acceptors (Lipinski definition) is 4. The van der Waals surface area contributed by atoms with Gasteiger partial charge in [0.15, 0.2) is 0 Å². The van der Waals surface area contributed by atoms with Gasteiger partial charge in [-0.3, -0.25) is 4.90 Å². The molecule has 0 N–H and O–H groups in total. The summed E-state index contributed by atoms with van der Waals surface area (Å²) in [5, 5.41) is 0. The van der Waals surface area contributed by atoms with Gasteiger partial charge in [0.25, 0.3) is 0 Å². The van der Waals surface area contributed by atoms with Crippen molar-refractivity contribution in [1.29, 1.82) is 0 Å². The number of methoxy groups -OCH3 is 1. The van der Waals surface area contributed by atoms with E-state index < -0.39 is 18.1 Å². The Hall–Kier alpha value is -1.56. The molecule has 0 saturated carbocycles. The van der Waals surface area contributed by atoms with Crippen LogP contribution in [0.2, 0.25) is 0 Å². The first-order valence-corrected chi connectivity index (χ1v) is 7.14. The summed E-state index contributed by atoms with van der Waals surface area (Å²) in [7, 11) is 1.32. The first-order chi connectivity index (χ1) is 9.56. The number of ether oxygens (including phenoxy) is 2. The van der Waals surface area contributed by atoms with Crippen molar-refractivity contribution in [3.8, 4) is 0 Å². The number of amides is 1. The molecule has 0 radical (unpaired) electrons. The van der Waals surface area contributed by atoms with Crippen LogP contribution >= 0.6 is 15.9 Å². The number of benzene rings is 1. The zero-order valence-corrected chi connectivity index (χ0v) is 13.0. The highest BCUT2D eigenvalue weighted by atomic mass is 79.9. The third-order valence-corrected chi connectivity index (χ3v) is 3.77. The summed E-state index contributed by atoms with van der Waals surface area (Å²) in [6.45, 7) is 2.36. The molecular formula is C14H16BrNO4. The van der Waals surface area contributed by atoms with Crippen LogP contribution in [-0.2, 0) is 27.2 Å². The maximum Gasteiger partial charge on any atom is 0.410 e. The second kappa shape index (κ2) is 6.26. The zero-order valence-electron chi connectivity index (χ0n) is 11.4. The molecule has 0 aromatic heterocycles. The van der Waals surface area contributed by atoms with E-state index in [4.69, 9.17) is 9.47 Å². The van der Waals surface area contributed by atoms with Crippen LogP contribution in [0.15, 0.2) is 22.7 Å². The molecule has 5 nitrogen and oxygen atoms in total. The third kappa shape index (κ3) is 2.95. The molecular weight excluding hydrogens is 326 g/mol. The number of carbonyl (C=O) groups excluding carboxylic acids is 2. The van der Waals surface area contributed by atoms with Crippen LogP contribution in [0.4, 0.5) is 4.79 Å². The molecule has 0 saturated heterocycles. The van der Waals surface area contributed by atoms with Gasteiger partial charge in [-0.15, -0.1) is 0 Å². The van der Waals surface area contributed by atoms with Crippen molar-refractivity contribution in [2.24, 2.45) is 0 Å². The van der Waals surface area contributed by atoms with Gasteiger partial charge in [0, 0.05) is 10.9 Å². The van der Waals surface area contributed by atoms with E-state index in [1.54, 1.807) is 6.92 Å². The Kier molecular flexibility index (Phi) is 4.65. The Morgan fingerprint density at radius 1 is 1.40 bits per heavy atom. The first kappa shape index (κ1) is 14.8. The van der Waals surface area contributed by atoms with Crippen LogP contribution in [0.5, 0.6) is 0 Å². The molecule has 0 unspecified atom stereocenters. The maximum atomic E-state index is 12.0. The maximum absolute atomic E-state index is 12.0. The van der Waals surface area contributed by atoms with E-state index in [0.717, 1.165) is 15.6 Å². The first-order valence-electron chi connectivity index (χ1n) is 6.35. The molecule has 1 aromatic carbocycles. The Balaban J connectivity index is 2.32. The minimum Gasteiger partial charge on any atom is -0.467 e. The van der Waals surface area contributed by atoms with Gasteiger partial charge in [-0.05, 0) is 30.2 Å². The molecule has 0 spiro atoms. The Bertz CT molecular complexity index is 532. The number of hydrogen-bond donors (Lipinski definition) is 0. The number of esters is 1. The van der Waals surface area contributed by atoms with E-state index in [1.807, 2.05) is 18.2 Å². The van der Waals surface area contributed by atoms with Crippen molar-refractivity contribution in [2.75, 3.05) is 13.7 Å². The Morgan fingerprint density at radius 2 is 2.15 bits per heavy atom. The predicted octanol–water partition coefficient (Wildman–Crippen LogP) is 2.51. The lowest BCUT2D eigenvalue weighted by Crippen LogP contribution is -2.49. The second-order valence-electron chi connectivity index (χ2n) is 4.48. The van der Waals surface area contributed by atoms with Gasteiger partial charge in [-0.25, -0.2) is 9.59 Å². The van der Waals surface area contributed by atoms with Crippen molar-refractivity contribution < 1.29 is 19.1 Å². The van der Waals surface area contributed by atoms with Crippen LogP contribution in [0.25, 0.3) is 0 Å². The molecule has 1 aliphatic rings. The number of fused-ring (bicyclic) bond motifs is 1. The van der Waals surface area contributed by atoms with E-state index in [9.17, 15) is 9.59 Å². The molecule has 1 aliphatic heterocycles. The highest BCUT2D eigenvalue weighted by Crippen LogP contribution is 2.27. The van der Waals surface area contributed by atoms with Crippen LogP contribution in [0.3, 0.4) is 0 Å². The zero-order chi connectivity index (χ0) is 14.7. The smallest absolute Gasteiger partial charge is 0.410 e. The van der Waals surface area contributed by atoms with Crippen molar-refractivity contribution in [1.82, 2.24) is 4.90 Å². The quantitative estimate of drug-likeness (QED) is 0.775. The highest BCUT2D eigenvalue weighted by Gasteiger charge is 2.36. The van der Waals surface area contributed by atoms with Crippen molar-refractivity contribution >= 4 is 28.0 Å². The summed E-state index contributed by atoms with van der Waals surface area (Å²) in [5.74, 6) is -0.427. The van der Waals surface area contributed by atoms with Gasteiger partial charge in [-0.2, -0.15) is 0 Å². The molecule has 0 bridgehead atoms. The summed E-state index contributed by atoms with van der Waals surface area (Å²) in [6, 6.07) is 5.19. The number of nitrogens with zero attached hydrogens (tertiary/aromatic N) is 1. The minimum absolute atomic E-state index is 0.274. The van der Waals surface area contributed by atoms with Crippen molar-refractivity contribution in [3.05, 3.63) is 33.8 Å². The normalized spacial score (nSPS) is 17.4. The van der Waals surface area contributed by atoms with Crippen LogP contribution in [0, 0.1) is 0 Å². The lowest BCUT2D eigenvalue weighted by Gasteiger charge is -2.34. The average molecular weight is 342 g/mol. The number of halogens is 1. The molecule has 1 heterocycles. The molecule has 20 heavy (non-hydrogen) atoms. The molecule has 1 amide bonds. The SMILES string of the molecule is CCOC(=O)N1Cc2ccc(Br)cc2C[C@H]1C(=O)OC. The predicted molar refractivity (Wildman–Crippen MR) is 76.2 cm³/mol. The number of rotatable bonds is 2. The van der Waals surface area contributed by atoms with Crippen LogP contribution < -0.4 is 0 Å².